The Hall–Kier alpha value is -2.35. The number of nitrogens with zero attached hydrogens (tertiary/aromatic N) is 3. The van der Waals surface area contributed by atoms with E-state index in [9.17, 15) is 9.59 Å². The molecule has 0 radical (unpaired) electrons. The Morgan fingerprint density at radius 2 is 1.93 bits per heavy atom. The summed E-state index contributed by atoms with van der Waals surface area (Å²) >= 11 is 3.39. The normalized spacial score (nSPS) is 15.7. The molecule has 1 aliphatic heterocycles. The van der Waals surface area contributed by atoms with Crippen molar-refractivity contribution in [1.82, 2.24) is 15.2 Å². The van der Waals surface area contributed by atoms with Crippen molar-refractivity contribution in [2.75, 3.05) is 31.1 Å². The number of aromatic nitrogens is 1. The van der Waals surface area contributed by atoms with Crippen LogP contribution >= 0.6 is 15.9 Å². The SMILES string of the molecule is CC(C)C(NC(=O)c1ccco1)C(=O)N1CCN(c2ccc(Br)cn2)CC1. The number of rotatable bonds is 5. The number of hydrogen-bond donors (Lipinski definition) is 1. The van der Waals surface area contributed by atoms with Crippen LogP contribution < -0.4 is 10.2 Å². The molecular formula is C19H23BrN4O3. The average molecular weight is 435 g/mol. The van der Waals surface area contributed by atoms with Gasteiger partial charge in [0.25, 0.3) is 5.91 Å². The molecule has 0 saturated carbocycles. The summed E-state index contributed by atoms with van der Waals surface area (Å²) in [5, 5.41) is 2.81. The first kappa shape index (κ1) is 19.4. The summed E-state index contributed by atoms with van der Waals surface area (Å²) in [5.74, 6) is 0.650. The number of nitrogens with one attached hydrogen (secondary N) is 1. The summed E-state index contributed by atoms with van der Waals surface area (Å²) in [5.41, 5.74) is 0. The van der Waals surface area contributed by atoms with Gasteiger partial charge in [-0.2, -0.15) is 0 Å². The van der Waals surface area contributed by atoms with E-state index in [1.807, 2.05) is 30.9 Å². The number of pyridine rings is 1. The zero-order chi connectivity index (χ0) is 19.4. The molecule has 144 valence electrons. The zero-order valence-electron chi connectivity index (χ0n) is 15.4. The minimum absolute atomic E-state index is 0.0254. The fourth-order valence-corrected chi connectivity index (χ4v) is 3.28. The minimum atomic E-state index is -0.583. The second-order valence-corrected chi connectivity index (χ2v) is 7.74. The molecule has 3 rings (SSSR count). The molecule has 1 aliphatic rings. The third kappa shape index (κ3) is 4.68. The minimum Gasteiger partial charge on any atom is -0.459 e. The zero-order valence-corrected chi connectivity index (χ0v) is 17.0. The van der Waals surface area contributed by atoms with Gasteiger partial charge < -0.3 is 19.5 Å². The Labute approximate surface area is 166 Å². The number of amides is 2. The number of furan rings is 1. The van der Waals surface area contributed by atoms with Crippen molar-refractivity contribution in [3.63, 3.8) is 0 Å². The van der Waals surface area contributed by atoms with Crippen LogP contribution in [0.3, 0.4) is 0 Å². The van der Waals surface area contributed by atoms with Gasteiger partial charge in [-0.3, -0.25) is 9.59 Å². The van der Waals surface area contributed by atoms with Gasteiger partial charge in [-0.15, -0.1) is 0 Å². The lowest BCUT2D eigenvalue weighted by Crippen LogP contribution is -2.56. The number of hydrogen-bond acceptors (Lipinski definition) is 5. The van der Waals surface area contributed by atoms with Gasteiger partial charge in [0.1, 0.15) is 11.9 Å². The van der Waals surface area contributed by atoms with Crippen LogP contribution in [0.4, 0.5) is 5.82 Å². The molecule has 2 aromatic heterocycles. The second-order valence-electron chi connectivity index (χ2n) is 6.82. The van der Waals surface area contributed by atoms with Crippen LogP contribution in [0.1, 0.15) is 24.4 Å². The lowest BCUT2D eigenvalue weighted by atomic mass is 10.0. The van der Waals surface area contributed by atoms with Crippen molar-refractivity contribution in [3.05, 3.63) is 47.0 Å². The lowest BCUT2D eigenvalue weighted by Gasteiger charge is -2.37. The maximum atomic E-state index is 13.0. The van der Waals surface area contributed by atoms with Gasteiger partial charge in [-0.05, 0) is 46.1 Å². The van der Waals surface area contributed by atoms with Gasteiger partial charge in [-0.1, -0.05) is 13.8 Å². The Morgan fingerprint density at radius 3 is 2.48 bits per heavy atom. The Kier molecular flexibility index (Phi) is 6.15. The fourth-order valence-electron chi connectivity index (χ4n) is 3.04. The topological polar surface area (TPSA) is 78.7 Å². The third-order valence-corrected chi connectivity index (χ3v) is 5.06. The summed E-state index contributed by atoms with van der Waals surface area (Å²) < 4.78 is 6.06. The highest BCUT2D eigenvalue weighted by Crippen LogP contribution is 2.17. The molecule has 0 aliphatic carbocycles. The highest BCUT2D eigenvalue weighted by atomic mass is 79.9. The van der Waals surface area contributed by atoms with Crippen LogP contribution in [0.2, 0.25) is 0 Å². The van der Waals surface area contributed by atoms with Crippen molar-refractivity contribution in [2.24, 2.45) is 5.92 Å². The molecule has 0 aromatic carbocycles. The Balaban J connectivity index is 1.60. The predicted octanol–water partition coefficient (Wildman–Crippen LogP) is 2.54. The molecule has 0 spiro atoms. The molecule has 1 fully saturated rings. The maximum absolute atomic E-state index is 13.0. The van der Waals surface area contributed by atoms with Crippen LogP contribution in [0.5, 0.6) is 0 Å². The number of anilines is 1. The first-order chi connectivity index (χ1) is 13.0. The van der Waals surface area contributed by atoms with Crippen LogP contribution in [-0.4, -0.2) is 53.9 Å². The van der Waals surface area contributed by atoms with E-state index < -0.39 is 6.04 Å². The molecule has 2 amide bonds. The molecular weight excluding hydrogens is 412 g/mol. The molecule has 8 heteroatoms. The summed E-state index contributed by atoms with van der Waals surface area (Å²) in [6.45, 7) is 6.45. The number of halogens is 1. The molecule has 2 aromatic rings. The Morgan fingerprint density at radius 1 is 1.19 bits per heavy atom. The van der Waals surface area contributed by atoms with E-state index in [0.717, 1.165) is 10.3 Å². The molecule has 27 heavy (non-hydrogen) atoms. The summed E-state index contributed by atoms with van der Waals surface area (Å²) in [7, 11) is 0. The summed E-state index contributed by atoms with van der Waals surface area (Å²) in [6.07, 6.45) is 3.21. The van der Waals surface area contributed by atoms with E-state index in [-0.39, 0.29) is 23.5 Å². The van der Waals surface area contributed by atoms with Crippen molar-refractivity contribution >= 4 is 33.6 Å². The van der Waals surface area contributed by atoms with Gasteiger partial charge in [0.05, 0.1) is 6.26 Å². The van der Waals surface area contributed by atoms with E-state index in [1.54, 1.807) is 18.3 Å². The summed E-state index contributed by atoms with van der Waals surface area (Å²) in [4.78, 5) is 33.6. The monoisotopic (exact) mass is 434 g/mol. The molecule has 7 nitrogen and oxygen atoms in total. The van der Waals surface area contributed by atoms with Crippen LogP contribution in [0.15, 0.2) is 45.6 Å². The largest absolute Gasteiger partial charge is 0.459 e. The third-order valence-electron chi connectivity index (χ3n) is 4.59. The molecule has 1 saturated heterocycles. The first-order valence-electron chi connectivity index (χ1n) is 8.95. The van der Waals surface area contributed by atoms with Crippen molar-refractivity contribution in [2.45, 2.75) is 19.9 Å². The van der Waals surface area contributed by atoms with E-state index in [1.165, 1.54) is 6.26 Å². The quantitative estimate of drug-likeness (QED) is 0.781. The van der Waals surface area contributed by atoms with Crippen LogP contribution in [0, 0.1) is 5.92 Å². The molecule has 1 atom stereocenters. The van der Waals surface area contributed by atoms with Gasteiger partial charge in [0.2, 0.25) is 5.91 Å². The lowest BCUT2D eigenvalue weighted by molar-refractivity contribution is -0.134. The molecule has 1 unspecified atom stereocenters. The highest BCUT2D eigenvalue weighted by Gasteiger charge is 2.31. The van der Waals surface area contributed by atoms with Gasteiger partial charge in [-0.25, -0.2) is 4.98 Å². The van der Waals surface area contributed by atoms with Gasteiger partial charge in [0.15, 0.2) is 5.76 Å². The van der Waals surface area contributed by atoms with Crippen LogP contribution in [0.25, 0.3) is 0 Å². The number of carbonyl (C=O) groups is 2. The van der Waals surface area contributed by atoms with Crippen LogP contribution in [-0.2, 0) is 4.79 Å². The molecule has 3 heterocycles. The van der Waals surface area contributed by atoms with Crippen molar-refractivity contribution in [1.29, 1.82) is 0 Å². The second kappa shape index (κ2) is 8.56. The number of carbonyl (C=O) groups excluding carboxylic acids is 2. The van der Waals surface area contributed by atoms with E-state index in [2.05, 4.69) is 31.1 Å². The van der Waals surface area contributed by atoms with Crippen molar-refractivity contribution in [3.8, 4) is 0 Å². The Bertz CT molecular complexity index is 769. The standard InChI is InChI=1S/C19H23BrN4O3/c1-13(2)17(22-18(25)15-4-3-11-27-15)19(26)24-9-7-23(8-10-24)16-6-5-14(20)12-21-16/h3-6,11-13,17H,7-10H2,1-2H3,(H,22,25). The maximum Gasteiger partial charge on any atom is 0.287 e. The molecule has 1 N–H and O–H groups in total. The first-order valence-corrected chi connectivity index (χ1v) is 9.74. The van der Waals surface area contributed by atoms with E-state index in [4.69, 9.17) is 4.42 Å². The van der Waals surface area contributed by atoms with Crippen molar-refractivity contribution < 1.29 is 14.0 Å². The van der Waals surface area contributed by atoms with E-state index in [0.29, 0.717) is 26.2 Å². The average Bonchev–Trinajstić information content (AvgIpc) is 3.21. The smallest absolute Gasteiger partial charge is 0.287 e. The van der Waals surface area contributed by atoms with Gasteiger partial charge >= 0.3 is 0 Å². The predicted molar refractivity (Wildman–Crippen MR) is 106 cm³/mol. The molecule has 0 bridgehead atoms. The number of piperazine rings is 1. The summed E-state index contributed by atoms with van der Waals surface area (Å²) in [6, 6.07) is 6.57. The fraction of sp³-hybridized carbons (Fsp3) is 0.421. The van der Waals surface area contributed by atoms with Gasteiger partial charge in [0, 0.05) is 36.8 Å². The van der Waals surface area contributed by atoms with E-state index >= 15 is 0 Å². The highest BCUT2D eigenvalue weighted by molar-refractivity contribution is 9.10.